The molecule has 1 aromatic carbocycles. The zero-order chi connectivity index (χ0) is 16.1. The number of fused-ring (bicyclic) bond motifs is 1. The molecular weight excluding hydrogens is 306 g/mol. The maximum absolute atomic E-state index is 9.45. The number of nitrogens with zero attached hydrogens (tertiary/aromatic N) is 3. The molecule has 0 spiro atoms. The summed E-state index contributed by atoms with van der Waals surface area (Å²) in [6.07, 6.45) is 2.35. The Labute approximate surface area is 140 Å². The van der Waals surface area contributed by atoms with Crippen molar-refractivity contribution in [2.75, 3.05) is 13.2 Å². The number of hydrogen-bond donors (Lipinski definition) is 0. The Morgan fingerprint density at radius 1 is 1.39 bits per heavy atom. The lowest BCUT2D eigenvalue weighted by Gasteiger charge is -2.26. The summed E-state index contributed by atoms with van der Waals surface area (Å²) in [4.78, 5) is 7.99. The Kier molecular flexibility index (Phi) is 5.06. The van der Waals surface area contributed by atoms with Gasteiger partial charge in [0.05, 0.1) is 12.2 Å². The fourth-order valence-corrected chi connectivity index (χ4v) is 3.96. The molecule has 0 unspecified atom stereocenters. The molecule has 0 N–H and O–H groups in total. The molecule has 4 nitrogen and oxygen atoms in total. The van der Waals surface area contributed by atoms with Crippen LogP contribution in [0, 0.1) is 11.3 Å². The van der Waals surface area contributed by atoms with Gasteiger partial charge in [-0.25, -0.2) is 4.99 Å². The third-order valence-electron chi connectivity index (χ3n) is 3.89. The van der Waals surface area contributed by atoms with E-state index < -0.39 is 0 Å². The fourth-order valence-electron chi connectivity index (χ4n) is 2.78. The molecule has 0 saturated heterocycles. The SMILES string of the molecule is CCO/C=N/c1sc2c(c1C#N)CCN(Cc1ccccc1)C2. The summed E-state index contributed by atoms with van der Waals surface area (Å²) in [6.45, 7) is 5.30. The number of hydrogen-bond acceptors (Lipinski definition) is 5. The van der Waals surface area contributed by atoms with Crippen LogP contribution in [-0.2, 0) is 24.2 Å². The molecular formula is C18H19N3OS. The second kappa shape index (κ2) is 7.40. The summed E-state index contributed by atoms with van der Waals surface area (Å²) in [7, 11) is 0. The average Bonchev–Trinajstić information content (AvgIpc) is 2.92. The van der Waals surface area contributed by atoms with Gasteiger partial charge in [0.2, 0.25) is 0 Å². The molecule has 118 valence electrons. The van der Waals surface area contributed by atoms with Gasteiger partial charge in [-0.3, -0.25) is 4.90 Å². The molecule has 3 rings (SSSR count). The number of rotatable bonds is 5. The van der Waals surface area contributed by atoms with Gasteiger partial charge in [-0.15, -0.1) is 11.3 Å². The lowest BCUT2D eigenvalue weighted by atomic mass is 10.0. The minimum atomic E-state index is 0.585. The van der Waals surface area contributed by atoms with Crippen LogP contribution in [0.25, 0.3) is 0 Å². The maximum Gasteiger partial charge on any atom is 0.175 e. The van der Waals surface area contributed by atoms with Crippen molar-refractivity contribution >= 4 is 22.7 Å². The van der Waals surface area contributed by atoms with Gasteiger partial charge >= 0.3 is 0 Å². The molecule has 5 heteroatoms. The Morgan fingerprint density at radius 3 is 2.96 bits per heavy atom. The van der Waals surface area contributed by atoms with E-state index in [1.54, 1.807) is 11.3 Å². The number of ether oxygens (including phenoxy) is 1. The quantitative estimate of drug-likeness (QED) is 0.619. The predicted octanol–water partition coefficient (Wildman–Crippen LogP) is 3.87. The summed E-state index contributed by atoms with van der Waals surface area (Å²) < 4.78 is 5.16. The zero-order valence-corrected chi connectivity index (χ0v) is 14.0. The highest BCUT2D eigenvalue weighted by Crippen LogP contribution is 2.38. The fraction of sp³-hybridized carbons (Fsp3) is 0.333. The molecule has 2 heterocycles. The lowest BCUT2D eigenvalue weighted by molar-refractivity contribution is 0.249. The van der Waals surface area contributed by atoms with Crippen molar-refractivity contribution in [3.8, 4) is 6.07 Å². The van der Waals surface area contributed by atoms with Crippen molar-refractivity contribution in [2.45, 2.75) is 26.4 Å². The van der Waals surface area contributed by atoms with E-state index in [1.807, 2.05) is 13.0 Å². The Balaban J connectivity index is 1.77. The topological polar surface area (TPSA) is 48.6 Å². The van der Waals surface area contributed by atoms with Crippen LogP contribution in [0.1, 0.15) is 28.5 Å². The van der Waals surface area contributed by atoms with Crippen molar-refractivity contribution in [3.63, 3.8) is 0 Å². The summed E-state index contributed by atoms with van der Waals surface area (Å²) in [5.74, 6) is 0. The van der Waals surface area contributed by atoms with E-state index in [-0.39, 0.29) is 0 Å². The predicted molar refractivity (Wildman–Crippen MR) is 93.1 cm³/mol. The standard InChI is InChI=1S/C18H19N3OS/c1-2-22-13-20-18-16(10-19)15-8-9-21(12-17(15)23-18)11-14-6-4-3-5-7-14/h3-7,13H,2,8-9,11-12H2,1H3/b20-13+. The molecule has 0 radical (unpaired) electrons. The molecule has 0 aliphatic carbocycles. The highest BCUT2D eigenvalue weighted by atomic mass is 32.1. The number of nitriles is 1. The maximum atomic E-state index is 9.45. The number of aliphatic imine (C=N–C) groups is 1. The van der Waals surface area contributed by atoms with Gasteiger partial charge in [0, 0.05) is 24.5 Å². The van der Waals surface area contributed by atoms with Crippen molar-refractivity contribution in [1.29, 1.82) is 5.26 Å². The first-order valence-electron chi connectivity index (χ1n) is 7.77. The third kappa shape index (κ3) is 3.61. The number of thiophene rings is 1. The zero-order valence-electron chi connectivity index (χ0n) is 13.2. The molecule has 0 fully saturated rings. The van der Waals surface area contributed by atoms with E-state index in [0.717, 1.165) is 36.6 Å². The van der Waals surface area contributed by atoms with Crippen molar-refractivity contribution < 1.29 is 4.74 Å². The molecule has 2 aromatic rings. The van der Waals surface area contributed by atoms with Gasteiger partial charge in [0.25, 0.3) is 0 Å². The molecule has 0 bridgehead atoms. The normalized spacial score (nSPS) is 14.6. The second-order valence-corrected chi connectivity index (χ2v) is 6.52. The van der Waals surface area contributed by atoms with E-state index in [0.29, 0.717) is 6.61 Å². The summed E-state index contributed by atoms with van der Waals surface area (Å²) >= 11 is 1.61. The average molecular weight is 325 g/mol. The van der Waals surface area contributed by atoms with Crippen molar-refractivity contribution in [2.24, 2.45) is 4.99 Å². The van der Waals surface area contributed by atoms with Crippen molar-refractivity contribution in [1.82, 2.24) is 4.90 Å². The van der Waals surface area contributed by atoms with Crippen LogP contribution in [0.2, 0.25) is 0 Å². The van der Waals surface area contributed by atoms with Crippen LogP contribution in [-0.4, -0.2) is 24.5 Å². The molecule has 1 aliphatic heterocycles. The van der Waals surface area contributed by atoms with Crippen LogP contribution in [0.3, 0.4) is 0 Å². The molecule has 23 heavy (non-hydrogen) atoms. The second-order valence-electron chi connectivity index (χ2n) is 5.43. The smallest absolute Gasteiger partial charge is 0.175 e. The van der Waals surface area contributed by atoms with Gasteiger partial charge in [-0.05, 0) is 24.5 Å². The molecule has 1 aliphatic rings. The van der Waals surface area contributed by atoms with E-state index in [4.69, 9.17) is 4.74 Å². The van der Waals surface area contributed by atoms with E-state index in [1.165, 1.54) is 22.4 Å². The van der Waals surface area contributed by atoms with Crippen LogP contribution in [0.5, 0.6) is 0 Å². The monoisotopic (exact) mass is 325 g/mol. The van der Waals surface area contributed by atoms with E-state index in [2.05, 4.69) is 40.2 Å². The van der Waals surface area contributed by atoms with Gasteiger partial charge in [-0.2, -0.15) is 5.26 Å². The molecule has 0 atom stereocenters. The summed E-state index contributed by atoms with van der Waals surface area (Å²) in [5, 5.41) is 10.2. The van der Waals surface area contributed by atoms with E-state index in [9.17, 15) is 5.26 Å². The minimum Gasteiger partial charge on any atom is -0.483 e. The molecule has 0 saturated carbocycles. The van der Waals surface area contributed by atoms with Gasteiger partial charge in [0.15, 0.2) is 6.40 Å². The van der Waals surface area contributed by atoms with Gasteiger partial charge in [0.1, 0.15) is 11.1 Å². The lowest BCUT2D eigenvalue weighted by Crippen LogP contribution is -2.29. The minimum absolute atomic E-state index is 0.585. The molecule has 1 aromatic heterocycles. The highest BCUT2D eigenvalue weighted by Gasteiger charge is 2.24. The van der Waals surface area contributed by atoms with Crippen LogP contribution < -0.4 is 0 Å². The van der Waals surface area contributed by atoms with Crippen LogP contribution >= 0.6 is 11.3 Å². The Morgan fingerprint density at radius 2 is 2.22 bits per heavy atom. The van der Waals surface area contributed by atoms with Crippen molar-refractivity contribution in [3.05, 3.63) is 51.9 Å². The highest BCUT2D eigenvalue weighted by molar-refractivity contribution is 7.16. The first-order valence-corrected chi connectivity index (χ1v) is 8.58. The molecule has 0 amide bonds. The largest absolute Gasteiger partial charge is 0.483 e. The number of benzene rings is 1. The van der Waals surface area contributed by atoms with E-state index >= 15 is 0 Å². The Bertz CT molecular complexity index is 731. The first kappa shape index (κ1) is 15.7. The van der Waals surface area contributed by atoms with Gasteiger partial charge in [-0.1, -0.05) is 30.3 Å². The van der Waals surface area contributed by atoms with Crippen LogP contribution in [0.4, 0.5) is 5.00 Å². The van der Waals surface area contributed by atoms with Gasteiger partial charge < -0.3 is 4.74 Å². The summed E-state index contributed by atoms with van der Waals surface area (Å²) in [5.41, 5.74) is 3.22. The third-order valence-corrected chi connectivity index (χ3v) is 5.01. The first-order chi connectivity index (χ1) is 11.3. The Hall–Kier alpha value is -2.16. The van der Waals surface area contributed by atoms with Crippen LogP contribution in [0.15, 0.2) is 35.3 Å². The summed E-state index contributed by atoms with van der Waals surface area (Å²) in [6, 6.07) is 12.8.